The van der Waals surface area contributed by atoms with Gasteiger partial charge in [-0.1, -0.05) is 0 Å². The van der Waals surface area contributed by atoms with E-state index in [1.54, 1.807) is 18.2 Å². The van der Waals surface area contributed by atoms with Crippen molar-refractivity contribution in [2.45, 2.75) is 19.9 Å². The molecular weight excluding hydrogens is 466 g/mol. The Morgan fingerprint density at radius 2 is 1.90 bits per heavy atom. The zero-order chi connectivity index (χ0) is 22.4. The SMILES string of the molecule is COc1cc([C@H]2c3c(-c4cc(C)c(C)cc4O)n[nH]c3C(=O)N2CCO)cc(Br)c1O. The number of H-pyrrole nitrogens is 1. The summed E-state index contributed by atoms with van der Waals surface area (Å²) < 4.78 is 5.69. The van der Waals surface area contributed by atoms with Crippen molar-refractivity contribution in [1.82, 2.24) is 15.1 Å². The number of ether oxygens (including phenoxy) is 1. The van der Waals surface area contributed by atoms with E-state index in [-0.39, 0.29) is 36.3 Å². The summed E-state index contributed by atoms with van der Waals surface area (Å²) in [5, 5.41) is 37.6. The minimum Gasteiger partial charge on any atom is -0.507 e. The quantitative estimate of drug-likeness (QED) is 0.437. The summed E-state index contributed by atoms with van der Waals surface area (Å²) in [5.41, 5.74) is 4.44. The Balaban J connectivity index is 1.96. The van der Waals surface area contributed by atoms with Crippen LogP contribution in [0.15, 0.2) is 28.7 Å². The number of methoxy groups -OCH3 is 1. The molecule has 0 unspecified atom stereocenters. The van der Waals surface area contributed by atoms with E-state index in [4.69, 9.17) is 4.74 Å². The van der Waals surface area contributed by atoms with Crippen molar-refractivity contribution < 1.29 is 24.9 Å². The number of hydrogen-bond donors (Lipinski definition) is 4. The molecular formula is C22H22BrN3O5. The van der Waals surface area contributed by atoms with E-state index < -0.39 is 6.04 Å². The zero-order valence-corrected chi connectivity index (χ0v) is 18.8. The number of aromatic amines is 1. The van der Waals surface area contributed by atoms with Gasteiger partial charge in [-0.25, -0.2) is 0 Å². The minimum absolute atomic E-state index is 0.0521. The molecule has 9 heteroatoms. The van der Waals surface area contributed by atoms with Crippen LogP contribution in [-0.2, 0) is 0 Å². The highest BCUT2D eigenvalue weighted by atomic mass is 79.9. The van der Waals surface area contributed by atoms with Crippen LogP contribution in [0.4, 0.5) is 0 Å². The number of nitrogens with one attached hydrogen (secondary N) is 1. The Hall–Kier alpha value is -3.04. The lowest BCUT2D eigenvalue weighted by atomic mass is 9.94. The molecule has 31 heavy (non-hydrogen) atoms. The third-order valence-electron chi connectivity index (χ3n) is 5.66. The van der Waals surface area contributed by atoms with Crippen molar-refractivity contribution in [3.05, 3.63) is 56.7 Å². The number of aliphatic hydroxyl groups excluding tert-OH is 1. The molecule has 1 amide bonds. The topological polar surface area (TPSA) is 119 Å². The molecule has 162 valence electrons. The molecule has 0 aliphatic carbocycles. The molecule has 1 aromatic heterocycles. The van der Waals surface area contributed by atoms with E-state index in [1.165, 1.54) is 12.0 Å². The van der Waals surface area contributed by atoms with Gasteiger partial charge in [0.25, 0.3) is 5.91 Å². The van der Waals surface area contributed by atoms with Gasteiger partial charge < -0.3 is 25.0 Å². The first-order valence-corrected chi connectivity index (χ1v) is 10.4. The van der Waals surface area contributed by atoms with E-state index in [0.29, 0.717) is 32.6 Å². The summed E-state index contributed by atoms with van der Waals surface area (Å²) in [4.78, 5) is 14.6. The Kier molecular flexibility index (Phi) is 5.40. The molecule has 0 spiro atoms. The van der Waals surface area contributed by atoms with Crippen LogP contribution in [-0.4, -0.2) is 56.6 Å². The number of phenols is 2. The second-order valence-electron chi connectivity index (χ2n) is 7.49. The zero-order valence-electron chi connectivity index (χ0n) is 17.2. The highest BCUT2D eigenvalue weighted by Gasteiger charge is 2.42. The minimum atomic E-state index is -0.602. The Bertz CT molecular complexity index is 1190. The highest BCUT2D eigenvalue weighted by molar-refractivity contribution is 9.10. The van der Waals surface area contributed by atoms with Gasteiger partial charge in [0.15, 0.2) is 11.5 Å². The first-order valence-electron chi connectivity index (χ1n) is 9.65. The maximum absolute atomic E-state index is 13.1. The second-order valence-corrected chi connectivity index (χ2v) is 8.35. The van der Waals surface area contributed by atoms with E-state index in [1.807, 2.05) is 19.9 Å². The highest BCUT2D eigenvalue weighted by Crippen LogP contribution is 2.47. The molecule has 3 aromatic rings. The predicted molar refractivity (Wildman–Crippen MR) is 117 cm³/mol. The van der Waals surface area contributed by atoms with Crippen LogP contribution in [0.1, 0.15) is 38.8 Å². The Labute approximate surface area is 187 Å². The van der Waals surface area contributed by atoms with E-state index in [2.05, 4.69) is 26.1 Å². The van der Waals surface area contributed by atoms with Gasteiger partial charge in [0.2, 0.25) is 0 Å². The molecule has 1 aliphatic heterocycles. The fourth-order valence-electron chi connectivity index (χ4n) is 3.98. The molecule has 0 fully saturated rings. The fraction of sp³-hybridized carbons (Fsp3) is 0.273. The first-order chi connectivity index (χ1) is 14.8. The molecule has 2 heterocycles. The number of benzene rings is 2. The third kappa shape index (κ3) is 3.34. The van der Waals surface area contributed by atoms with E-state index in [0.717, 1.165) is 11.1 Å². The van der Waals surface area contributed by atoms with Gasteiger partial charge in [0.1, 0.15) is 17.1 Å². The number of carbonyl (C=O) groups excluding carboxylic acids is 1. The van der Waals surface area contributed by atoms with Crippen molar-refractivity contribution in [3.63, 3.8) is 0 Å². The van der Waals surface area contributed by atoms with Crippen LogP contribution in [0.5, 0.6) is 17.2 Å². The third-order valence-corrected chi connectivity index (χ3v) is 6.26. The average molecular weight is 488 g/mol. The van der Waals surface area contributed by atoms with Gasteiger partial charge in [0, 0.05) is 17.7 Å². The number of carbonyl (C=O) groups is 1. The summed E-state index contributed by atoms with van der Waals surface area (Å²) in [6.07, 6.45) is 0. The summed E-state index contributed by atoms with van der Waals surface area (Å²) in [5.74, 6) is -0.0509. The summed E-state index contributed by atoms with van der Waals surface area (Å²) in [6.45, 7) is 3.73. The smallest absolute Gasteiger partial charge is 0.273 e. The van der Waals surface area contributed by atoms with Gasteiger partial charge in [0.05, 0.1) is 24.2 Å². The number of hydrogen-bond acceptors (Lipinski definition) is 6. The predicted octanol–water partition coefficient (Wildman–Crippen LogP) is 3.41. The number of phenolic OH excluding ortho intramolecular Hbond substituents is 2. The van der Waals surface area contributed by atoms with E-state index >= 15 is 0 Å². The number of halogens is 1. The number of amides is 1. The number of aromatic nitrogens is 2. The molecule has 0 saturated carbocycles. The molecule has 0 bridgehead atoms. The van der Waals surface area contributed by atoms with Gasteiger partial charge in [-0.15, -0.1) is 0 Å². The van der Waals surface area contributed by atoms with Crippen LogP contribution in [0.3, 0.4) is 0 Å². The fourth-order valence-corrected chi connectivity index (χ4v) is 4.44. The van der Waals surface area contributed by atoms with Crippen molar-refractivity contribution in [2.75, 3.05) is 20.3 Å². The number of aromatic hydroxyl groups is 2. The van der Waals surface area contributed by atoms with Crippen LogP contribution >= 0.6 is 15.9 Å². The Morgan fingerprint density at radius 3 is 2.58 bits per heavy atom. The van der Waals surface area contributed by atoms with Gasteiger partial charge in [-0.05, 0) is 70.7 Å². The average Bonchev–Trinajstić information content (AvgIpc) is 3.27. The molecule has 1 atom stereocenters. The lowest BCUT2D eigenvalue weighted by Gasteiger charge is -2.26. The van der Waals surface area contributed by atoms with Crippen LogP contribution < -0.4 is 4.74 Å². The molecule has 4 rings (SSSR count). The monoisotopic (exact) mass is 487 g/mol. The van der Waals surface area contributed by atoms with Crippen LogP contribution in [0.25, 0.3) is 11.3 Å². The van der Waals surface area contributed by atoms with Crippen molar-refractivity contribution >= 4 is 21.8 Å². The summed E-state index contributed by atoms with van der Waals surface area (Å²) in [6, 6.07) is 6.25. The molecule has 4 N–H and O–H groups in total. The molecule has 1 aliphatic rings. The largest absolute Gasteiger partial charge is 0.507 e. The van der Waals surface area contributed by atoms with Crippen LogP contribution in [0.2, 0.25) is 0 Å². The van der Waals surface area contributed by atoms with Gasteiger partial charge >= 0.3 is 0 Å². The lowest BCUT2D eigenvalue weighted by molar-refractivity contribution is 0.0706. The van der Waals surface area contributed by atoms with Crippen molar-refractivity contribution in [2.24, 2.45) is 0 Å². The second kappa shape index (κ2) is 7.90. The normalized spacial score (nSPS) is 15.5. The van der Waals surface area contributed by atoms with Gasteiger partial charge in [-0.2, -0.15) is 5.10 Å². The maximum Gasteiger partial charge on any atom is 0.273 e. The number of aliphatic hydroxyl groups is 1. The number of β-amino-alcohol motifs (C(OH)–C–C–N with tert-alkyl or cyclic N) is 1. The van der Waals surface area contributed by atoms with Crippen LogP contribution in [0, 0.1) is 13.8 Å². The molecule has 8 nitrogen and oxygen atoms in total. The lowest BCUT2D eigenvalue weighted by Crippen LogP contribution is -2.32. The number of nitrogens with zero attached hydrogens (tertiary/aromatic N) is 2. The number of fused-ring (bicyclic) bond motifs is 1. The van der Waals surface area contributed by atoms with Crippen molar-refractivity contribution in [1.29, 1.82) is 0 Å². The standard InChI is InChI=1S/C22H22BrN3O5/c1-10-6-13(15(28)7-11(10)2)18-17-19(25-24-18)22(30)26(4-5-27)20(17)12-8-14(23)21(29)16(9-12)31-3/h6-9,20,27-29H,4-5H2,1-3H3,(H,24,25)/t20-/m0/s1. The van der Waals surface area contributed by atoms with Gasteiger partial charge in [-0.3, -0.25) is 9.89 Å². The van der Waals surface area contributed by atoms with E-state index in [9.17, 15) is 20.1 Å². The molecule has 0 saturated heterocycles. The first kappa shape index (κ1) is 21.2. The summed E-state index contributed by atoms with van der Waals surface area (Å²) >= 11 is 3.34. The molecule has 0 radical (unpaired) electrons. The van der Waals surface area contributed by atoms with Crippen molar-refractivity contribution in [3.8, 4) is 28.5 Å². The number of aryl methyl sites for hydroxylation is 2. The Morgan fingerprint density at radius 1 is 1.19 bits per heavy atom. The molecule has 2 aromatic carbocycles. The summed E-state index contributed by atoms with van der Waals surface area (Å²) in [7, 11) is 1.44. The number of rotatable bonds is 5. The maximum atomic E-state index is 13.1.